The normalized spacial score (nSPS) is 13.3. The molecule has 3 heterocycles. The van der Waals surface area contributed by atoms with Crippen LogP contribution in [0.25, 0.3) is 16.8 Å². The Morgan fingerprint density at radius 1 is 1.00 bits per heavy atom. The molecule has 0 N–H and O–H groups in total. The highest BCUT2D eigenvalue weighted by molar-refractivity contribution is 5.65. The maximum absolute atomic E-state index is 13.3. The summed E-state index contributed by atoms with van der Waals surface area (Å²) in [5.41, 5.74) is -4.96. The Labute approximate surface area is 149 Å². The minimum atomic E-state index is -5.88. The van der Waals surface area contributed by atoms with Crippen molar-refractivity contribution in [3.63, 3.8) is 0 Å². The summed E-state index contributed by atoms with van der Waals surface area (Å²) in [6.07, 6.45) is -6.91. The van der Waals surface area contributed by atoms with Gasteiger partial charge < -0.3 is 0 Å². The van der Waals surface area contributed by atoms with Crippen LogP contribution in [-0.4, -0.2) is 36.2 Å². The third kappa shape index (κ3) is 3.41. The van der Waals surface area contributed by atoms with E-state index in [1.807, 2.05) is 0 Å². The summed E-state index contributed by atoms with van der Waals surface area (Å²) in [6.45, 7) is -1.97. The Morgan fingerprint density at radius 3 is 2.29 bits per heavy atom. The first-order valence-electron chi connectivity index (χ1n) is 7.22. The lowest BCUT2D eigenvalue weighted by Gasteiger charge is -2.19. The van der Waals surface area contributed by atoms with E-state index in [1.54, 1.807) is 0 Å². The summed E-state index contributed by atoms with van der Waals surface area (Å²) in [4.78, 5) is 19.3. The summed E-state index contributed by atoms with van der Waals surface area (Å²) < 4.78 is 104. The second kappa shape index (κ2) is 6.24. The quantitative estimate of drug-likeness (QED) is 0.619. The maximum atomic E-state index is 13.3. The molecule has 0 bridgehead atoms. The molecule has 6 nitrogen and oxygen atoms in total. The van der Waals surface area contributed by atoms with E-state index in [2.05, 4.69) is 15.1 Å². The standard InChI is InChI=1S/C14H7F8N5O/c15-12(16,14(20,21)22)6-26-5-7(3-24-26)9-10(13(17,18)19)25-8-4-23-1-2-27(8)11(9)28/h1-5H,6H2. The molecule has 0 amide bonds. The van der Waals surface area contributed by atoms with E-state index in [1.165, 1.54) is 0 Å². The Balaban J connectivity index is 2.16. The van der Waals surface area contributed by atoms with Gasteiger partial charge in [-0.3, -0.25) is 18.9 Å². The van der Waals surface area contributed by atoms with Crippen molar-refractivity contribution < 1.29 is 35.1 Å². The maximum Gasteiger partial charge on any atom is 0.455 e. The summed E-state index contributed by atoms with van der Waals surface area (Å²) in [7, 11) is 0. The fraction of sp³-hybridized carbons (Fsp3) is 0.286. The van der Waals surface area contributed by atoms with E-state index in [0.717, 1.165) is 23.0 Å². The molecule has 150 valence electrons. The molecule has 0 aliphatic heterocycles. The molecule has 28 heavy (non-hydrogen) atoms. The first-order chi connectivity index (χ1) is 12.8. The summed E-state index contributed by atoms with van der Waals surface area (Å²) in [6, 6.07) is 0. The molecule has 0 saturated heterocycles. The topological polar surface area (TPSA) is 65.1 Å². The van der Waals surface area contributed by atoms with Crippen LogP contribution in [0.3, 0.4) is 0 Å². The van der Waals surface area contributed by atoms with Crippen LogP contribution in [0.1, 0.15) is 5.69 Å². The molecule has 0 atom stereocenters. The van der Waals surface area contributed by atoms with Crippen LogP contribution in [0, 0.1) is 0 Å². The van der Waals surface area contributed by atoms with Crippen LogP contribution in [0.15, 0.2) is 35.8 Å². The van der Waals surface area contributed by atoms with Gasteiger partial charge >= 0.3 is 18.3 Å². The van der Waals surface area contributed by atoms with Crippen LogP contribution in [0.5, 0.6) is 0 Å². The molecule has 0 fully saturated rings. The number of aromatic nitrogens is 5. The first kappa shape index (κ1) is 19.7. The molecule has 0 spiro atoms. The zero-order valence-electron chi connectivity index (χ0n) is 13.3. The summed E-state index contributed by atoms with van der Waals surface area (Å²) in [5.74, 6) is -5.18. The number of alkyl halides is 8. The van der Waals surface area contributed by atoms with Crippen LogP contribution >= 0.6 is 0 Å². The molecule has 0 saturated carbocycles. The number of fused-ring (bicyclic) bond motifs is 1. The minimum absolute atomic E-state index is 0.101. The molecule has 0 unspecified atom stereocenters. The van der Waals surface area contributed by atoms with Crippen molar-refractivity contribution in [3.05, 3.63) is 47.0 Å². The average Bonchev–Trinajstić information content (AvgIpc) is 3.00. The van der Waals surface area contributed by atoms with Gasteiger partial charge in [-0.25, -0.2) is 4.98 Å². The molecule has 14 heteroatoms. The van der Waals surface area contributed by atoms with E-state index < -0.39 is 52.8 Å². The lowest BCUT2D eigenvalue weighted by molar-refractivity contribution is -0.287. The molecular weight excluding hydrogens is 406 g/mol. The van der Waals surface area contributed by atoms with Crippen molar-refractivity contribution in [1.82, 2.24) is 24.1 Å². The Hall–Kier alpha value is -3.06. The van der Waals surface area contributed by atoms with Gasteiger partial charge in [-0.2, -0.15) is 40.2 Å². The Morgan fingerprint density at radius 2 is 1.68 bits per heavy atom. The third-order valence-electron chi connectivity index (χ3n) is 3.60. The van der Waals surface area contributed by atoms with Gasteiger partial charge in [0.25, 0.3) is 5.56 Å². The fourth-order valence-electron chi connectivity index (χ4n) is 2.34. The predicted octanol–water partition coefficient (Wildman–Crippen LogP) is 3.17. The van der Waals surface area contributed by atoms with Crippen molar-refractivity contribution in [2.24, 2.45) is 0 Å². The third-order valence-corrected chi connectivity index (χ3v) is 3.60. The number of hydrogen-bond donors (Lipinski definition) is 0. The lowest BCUT2D eigenvalue weighted by atomic mass is 10.1. The van der Waals surface area contributed by atoms with Crippen LogP contribution in [0.2, 0.25) is 0 Å². The minimum Gasteiger partial charge on any atom is -0.268 e. The molecule has 0 aromatic carbocycles. The fourth-order valence-corrected chi connectivity index (χ4v) is 2.34. The first-order valence-corrected chi connectivity index (χ1v) is 7.22. The second-order valence-corrected chi connectivity index (χ2v) is 5.57. The number of hydrogen-bond acceptors (Lipinski definition) is 4. The van der Waals surface area contributed by atoms with Gasteiger partial charge in [-0.15, -0.1) is 0 Å². The van der Waals surface area contributed by atoms with E-state index in [4.69, 9.17) is 0 Å². The van der Waals surface area contributed by atoms with Gasteiger partial charge in [0.2, 0.25) is 0 Å². The predicted molar refractivity (Wildman–Crippen MR) is 76.5 cm³/mol. The van der Waals surface area contributed by atoms with E-state index in [9.17, 15) is 39.9 Å². The molecule has 0 aliphatic carbocycles. The average molecular weight is 413 g/mol. The zero-order valence-corrected chi connectivity index (χ0v) is 13.3. The largest absolute Gasteiger partial charge is 0.455 e. The molecule has 3 aromatic rings. The molecule has 0 aliphatic rings. The van der Waals surface area contributed by atoms with Gasteiger partial charge in [0.15, 0.2) is 11.3 Å². The smallest absolute Gasteiger partial charge is 0.268 e. The number of rotatable bonds is 3. The van der Waals surface area contributed by atoms with E-state index in [0.29, 0.717) is 12.4 Å². The number of halogens is 8. The van der Waals surface area contributed by atoms with Gasteiger partial charge in [0.05, 0.1) is 18.0 Å². The Bertz CT molecular complexity index is 1080. The molecule has 0 radical (unpaired) electrons. The zero-order chi connectivity index (χ0) is 20.9. The van der Waals surface area contributed by atoms with Crippen molar-refractivity contribution in [1.29, 1.82) is 0 Å². The van der Waals surface area contributed by atoms with Gasteiger partial charge in [-0.05, 0) is 0 Å². The monoisotopic (exact) mass is 413 g/mol. The van der Waals surface area contributed by atoms with Crippen molar-refractivity contribution in [3.8, 4) is 11.1 Å². The molecule has 3 rings (SSSR count). The Kier molecular flexibility index (Phi) is 4.39. The SMILES string of the molecule is O=c1c(-c2cnn(CC(F)(F)C(F)(F)F)c2)c(C(F)(F)F)nc2cnccn12. The van der Waals surface area contributed by atoms with E-state index >= 15 is 0 Å². The summed E-state index contributed by atoms with van der Waals surface area (Å²) >= 11 is 0. The lowest BCUT2D eigenvalue weighted by Crippen LogP contribution is -2.40. The van der Waals surface area contributed by atoms with Crippen LogP contribution in [0.4, 0.5) is 35.1 Å². The highest BCUT2D eigenvalue weighted by Gasteiger charge is 2.57. The second-order valence-electron chi connectivity index (χ2n) is 5.57. The van der Waals surface area contributed by atoms with Crippen molar-refractivity contribution >= 4 is 5.65 Å². The van der Waals surface area contributed by atoms with Crippen LogP contribution in [-0.2, 0) is 12.7 Å². The van der Waals surface area contributed by atoms with Gasteiger partial charge in [0, 0.05) is 24.2 Å². The van der Waals surface area contributed by atoms with Crippen molar-refractivity contribution in [2.75, 3.05) is 0 Å². The van der Waals surface area contributed by atoms with Crippen LogP contribution < -0.4 is 5.56 Å². The van der Waals surface area contributed by atoms with Gasteiger partial charge in [-0.1, -0.05) is 0 Å². The number of nitrogens with zero attached hydrogens (tertiary/aromatic N) is 5. The highest BCUT2D eigenvalue weighted by atomic mass is 19.4. The molecule has 3 aromatic heterocycles. The van der Waals surface area contributed by atoms with E-state index in [-0.39, 0.29) is 4.68 Å². The summed E-state index contributed by atoms with van der Waals surface area (Å²) in [5, 5.41) is 3.22. The highest BCUT2D eigenvalue weighted by Crippen LogP contribution is 2.37. The van der Waals surface area contributed by atoms with Crippen molar-refractivity contribution in [2.45, 2.75) is 24.8 Å². The molecular formula is C14H7F8N5O. The van der Waals surface area contributed by atoms with Gasteiger partial charge in [0.1, 0.15) is 6.54 Å².